The molecule has 0 unspecified atom stereocenters. The standard InChI is InChI=1S/C13H16N2O/c14-10-6-7-11-12(8-10)16-15-13(11)9-4-2-1-3-5-9/h6-9H,1-5,14H2. The largest absolute Gasteiger partial charge is 0.399 e. The average Bonchev–Trinajstić information content (AvgIpc) is 2.73. The fourth-order valence-electron chi connectivity index (χ4n) is 2.64. The van der Waals surface area contributed by atoms with Crippen LogP contribution < -0.4 is 5.73 Å². The molecular formula is C13H16N2O. The van der Waals surface area contributed by atoms with Gasteiger partial charge in [-0.05, 0) is 25.0 Å². The molecule has 0 radical (unpaired) electrons. The molecule has 0 amide bonds. The minimum absolute atomic E-state index is 0.582. The van der Waals surface area contributed by atoms with E-state index in [4.69, 9.17) is 10.3 Å². The van der Waals surface area contributed by atoms with E-state index in [1.807, 2.05) is 18.2 Å². The molecule has 2 aromatic rings. The highest BCUT2D eigenvalue weighted by molar-refractivity contribution is 5.82. The minimum Gasteiger partial charge on any atom is -0.399 e. The zero-order valence-electron chi connectivity index (χ0n) is 9.28. The number of benzene rings is 1. The Morgan fingerprint density at radius 2 is 2.00 bits per heavy atom. The summed E-state index contributed by atoms with van der Waals surface area (Å²) in [4.78, 5) is 0. The van der Waals surface area contributed by atoms with E-state index in [-0.39, 0.29) is 0 Å². The van der Waals surface area contributed by atoms with Crippen molar-refractivity contribution in [2.24, 2.45) is 0 Å². The first kappa shape index (κ1) is 9.70. The van der Waals surface area contributed by atoms with Crippen LogP contribution in [0.15, 0.2) is 22.7 Å². The Morgan fingerprint density at radius 1 is 1.19 bits per heavy atom. The summed E-state index contributed by atoms with van der Waals surface area (Å²) in [6.07, 6.45) is 6.47. The van der Waals surface area contributed by atoms with Crippen molar-refractivity contribution >= 4 is 16.7 Å². The molecule has 3 rings (SSSR count). The number of rotatable bonds is 1. The van der Waals surface area contributed by atoms with Gasteiger partial charge in [-0.25, -0.2) is 0 Å². The molecule has 1 aromatic carbocycles. The quantitative estimate of drug-likeness (QED) is 0.743. The molecule has 0 spiro atoms. The molecule has 1 aromatic heterocycles. The molecule has 2 N–H and O–H groups in total. The van der Waals surface area contributed by atoms with Gasteiger partial charge in [-0.1, -0.05) is 24.4 Å². The number of aromatic nitrogens is 1. The summed E-state index contributed by atoms with van der Waals surface area (Å²) < 4.78 is 5.35. The first-order valence-electron chi connectivity index (χ1n) is 5.99. The number of hydrogen-bond acceptors (Lipinski definition) is 3. The minimum atomic E-state index is 0.582. The summed E-state index contributed by atoms with van der Waals surface area (Å²) in [6, 6.07) is 5.81. The highest BCUT2D eigenvalue weighted by Gasteiger charge is 2.21. The average molecular weight is 216 g/mol. The summed E-state index contributed by atoms with van der Waals surface area (Å²) in [5.41, 5.74) is 8.41. The second-order valence-electron chi connectivity index (χ2n) is 4.66. The third-order valence-corrected chi connectivity index (χ3v) is 3.52. The summed E-state index contributed by atoms with van der Waals surface area (Å²) in [5, 5.41) is 5.37. The van der Waals surface area contributed by atoms with Gasteiger partial charge in [0, 0.05) is 23.1 Å². The number of nitrogens with two attached hydrogens (primary N) is 1. The normalized spacial score (nSPS) is 18.0. The van der Waals surface area contributed by atoms with Crippen LogP contribution in [-0.2, 0) is 0 Å². The molecule has 0 bridgehead atoms. The topological polar surface area (TPSA) is 52.0 Å². The van der Waals surface area contributed by atoms with Crippen LogP contribution >= 0.6 is 0 Å². The van der Waals surface area contributed by atoms with Gasteiger partial charge in [0.15, 0.2) is 5.58 Å². The maximum Gasteiger partial charge on any atom is 0.169 e. The van der Waals surface area contributed by atoms with Crippen molar-refractivity contribution in [3.63, 3.8) is 0 Å². The van der Waals surface area contributed by atoms with Gasteiger partial charge in [0.2, 0.25) is 0 Å². The monoisotopic (exact) mass is 216 g/mol. The van der Waals surface area contributed by atoms with Crippen LogP contribution in [0.3, 0.4) is 0 Å². The Kier molecular flexibility index (Phi) is 2.31. The molecule has 1 heterocycles. The van der Waals surface area contributed by atoms with E-state index in [9.17, 15) is 0 Å². The number of hydrogen-bond donors (Lipinski definition) is 1. The van der Waals surface area contributed by atoms with E-state index in [0.717, 1.165) is 22.4 Å². The van der Waals surface area contributed by atoms with Gasteiger partial charge in [0.25, 0.3) is 0 Å². The summed E-state index contributed by atoms with van der Waals surface area (Å²) >= 11 is 0. The molecule has 0 aliphatic heterocycles. The van der Waals surface area contributed by atoms with Crippen LogP contribution in [0.2, 0.25) is 0 Å². The lowest BCUT2D eigenvalue weighted by Gasteiger charge is -2.19. The Balaban J connectivity index is 2.03. The second-order valence-corrected chi connectivity index (χ2v) is 4.66. The van der Waals surface area contributed by atoms with Crippen LogP contribution in [0.1, 0.15) is 43.7 Å². The molecule has 1 aliphatic rings. The van der Waals surface area contributed by atoms with E-state index in [1.165, 1.54) is 32.1 Å². The maximum atomic E-state index is 5.72. The number of nitrogen functional groups attached to an aromatic ring is 1. The molecule has 1 saturated carbocycles. The summed E-state index contributed by atoms with van der Waals surface area (Å²) in [7, 11) is 0. The zero-order valence-corrected chi connectivity index (χ0v) is 9.28. The van der Waals surface area contributed by atoms with Gasteiger partial charge in [-0.15, -0.1) is 0 Å². The Bertz CT molecular complexity index is 498. The highest BCUT2D eigenvalue weighted by Crippen LogP contribution is 2.36. The third kappa shape index (κ3) is 1.56. The first-order chi connectivity index (χ1) is 7.84. The van der Waals surface area contributed by atoms with Crippen molar-refractivity contribution in [2.45, 2.75) is 38.0 Å². The molecular weight excluding hydrogens is 200 g/mol. The smallest absolute Gasteiger partial charge is 0.169 e. The molecule has 3 nitrogen and oxygen atoms in total. The SMILES string of the molecule is Nc1ccc2c(C3CCCCC3)noc2c1. The lowest BCUT2D eigenvalue weighted by molar-refractivity contribution is 0.396. The summed E-state index contributed by atoms with van der Waals surface area (Å²) in [6.45, 7) is 0. The number of anilines is 1. The van der Waals surface area contributed by atoms with Crippen molar-refractivity contribution in [3.8, 4) is 0 Å². The lowest BCUT2D eigenvalue weighted by Crippen LogP contribution is -2.04. The van der Waals surface area contributed by atoms with Crippen LogP contribution in [0, 0.1) is 0 Å². The van der Waals surface area contributed by atoms with Gasteiger partial charge in [-0.3, -0.25) is 0 Å². The molecule has 0 saturated heterocycles. The number of nitrogens with zero attached hydrogens (tertiary/aromatic N) is 1. The van der Waals surface area contributed by atoms with Crippen molar-refractivity contribution in [1.82, 2.24) is 5.16 Å². The number of fused-ring (bicyclic) bond motifs is 1. The van der Waals surface area contributed by atoms with Crippen LogP contribution in [0.4, 0.5) is 5.69 Å². The van der Waals surface area contributed by atoms with E-state index in [0.29, 0.717) is 5.92 Å². The maximum absolute atomic E-state index is 5.72. The van der Waals surface area contributed by atoms with E-state index < -0.39 is 0 Å². The van der Waals surface area contributed by atoms with E-state index >= 15 is 0 Å². The first-order valence-corrected chi connectivity index (χ1v) is 5.99. The van der Waals surface area contributed by atoms with Gasteiger partial charge < -0.3 is 10.3 Å². The van der Waals surface area contributed by atoms with Crippen LogP contribution in [-0.4, -0.2) is 5.16 Å². The molecule has 1 aliphatic carbocycles. The lowest BCUT2D eigenvalue weighted by atomic mass is 9.86. The van der Waals surface area contributed by atoms with Crippen molar-refractivity contribution in [2.75, 3.05) is 5.73 Å². The Labute approximate surface area is 94.6 Å². The third-order valence-electron chi connectivity index (χ3n) is 3.52. The van der Waals surface area contributed by atoms with Gasteiger partial charge in [0.1, 0.15) is 0 Å². The second kappa shape index (κ2) is 3.81. The zero-order chi connectivity index (χ0) is 11.0. The van der Waals surface area contributed by atoms with Crippen LogP contribution in [0.5, 0.6) is 0 Å². The fourth-order valence-corrected chi connectivity index (χ4v) is 2.64. The molecule has 0 atom stereocenters. The predicted octanol–water partition coefficient (Wildman–Crippen LogP) is 3.46. The summed E-state index contributed by atoms with van der Waals surface area (Å²) in [5.74, 6) is 0.582. The van der Waals surface area contributed by atoms with Gasteiger partial charge >= 0.3 is 0 Å². The highest BCUT2D eigenvalue weighted by atomic mass is 16.5. The van der Waals surface area contributed by atoms with Crippen LogP contribution in [0.25, 0.3) is 11.0 Å². The molecule has 84 valence electrons. The fraction of sp³-hybridized carbons (Fsp3) is 0.462. The van der Waals surface area contributed by atoms with Crippen molar-refractivity contribution < 1.29 is 4.52 Å². The van der Waals surface area contributed by atoms with Gasteiger partial charge in [0.05, 0.1) is 5.69 Å². The molecule has 3 heteroatoms. The van der Waals surface area contributed by atoms with E-state index in [1.54, 1.807) is 0 Å². The van der Waals surface area contributed by atoms with Gasteiger partial charge in [-0.2, -0.15) is 0 Å². The van der Waals surface area contributed by atoms with E-state index in [2.05, 4.69) is 5.16 Å². The van der Waals surface area contributed by atoms with Crippen molar-refractivity contribution in [1.29, 1.82) is 0 Å². The van der Waals surface area contributed by atoms with Crippen molar-refractivity contribution in [3.05, 3.63) is 23.9 Å². The Morgan fingerprint density at radius 3 is 2.81 bits per heavy atom. The Hall–Kier alpha value is -1.51. The molecule has 16 heavy (non-hydrogen) atoms. The molecule has 1 fully saturated rings. The predicted molar refractivity (Wildman–Crippen MR) is 64.2 cm³/mol.